The maximum absolute atomic E-state index is 11.6. The highest BCUT2D eigenvalue weighted by Crippen LogP contribution is 2.26. The molecule has 6 heteroatoms. The molecule has 6 nitrogen and oxygen atoms in total. The summed E-state index contributed by atoms with van der Waals surface area (Å²) in [6.07, 6.45) is 5.05. The van der Waals surface area contributed by atoms with Crippen molar-refractivity contribution in [2.24, 2.45) is 0 Å². The van der Waals surface area contributed by atoms with Crippen molar-refractivity contribution in [2.75, 3.05) is 18.3 Å². The second kappa shape index (κ2) is 6.09. The van der Waals surface area contributed by atoms with Crippen LogP contribution in [0.15, 0.2) is 12.3 Å². The number of hydrogen-bond donors (Lipinski definition) is 2. The average Bonchev–Trinajstić information content (AvgIpc) is 2.44. The normalized spacial score (nSPS) is 23.4. The van der Waals surface area contributed by atoms with Crippen molar-refractivity contribution in [3.8, 4) is 0 Å². The molecule has 1 aliphatic rings. The number of hydrogen-bond acceptors (Lipinski definition) is 6. The Morgan fingerprint density at radius 3 is 2.70 bits per heavy atom. The van der Waals surface area contributed by atoms with Gasteiger partial charge in [-0.2, -0.15) is 0 Å². The molecule has 0 bridgehead atoms. The molecular formula is C14H22N4O2. The predicted octanol–water partition coefficient (Wildman–Crippen LogP) is 2.04. The number of pyridine rings is 1. The number of rotatable bonds is 3. The molecule has 0 amide bonds. The van der Waals surface area contributed by atoms with E-state index in [0.717, 1.165) is 12.8 Å². The standard InChI is InChI=1S/C14H22N4O2/c1-9-5-4-6-10(2)18(9)17-13-12(15)11(7-8-16-13)14(19)20-3/h7-10H,4-6,15H2,1-3H3,(H,16,17). The van der Waals surface area contributed by atoms with Crippen LogP contribution in [0.2, 0.25) is 0 Å². The van der Waals surface area contributed by atoms with Gasteiger partial charge in [0.25, 0.3) is 0 Å². The molecule has 0 aliphatic carbocycles. The minimum atomic E-state index is -0.451. The van der Waals surface area contributed by atoms with E-state index in [4.69, 9.17) is 10.5 Å². The van der Waals surface area contributed by atoms with E-state index >= 15 is 0 Å². The summed E-state index contributed by atoms with van der Waals surface area (Å²) in [5.74, 6) is 0.0567. The molecule has 3 N–H and O–H groups in total. The van der Waals surface area contributed by atoms with Crippen molar-refractivity contribution < 1.29 is 9.53 Å². The minimum absolute atomic E-state index is 0.323. The van der Waals surface area contributed by atoms with Crippen LogP contribution in [0.25, 0.3) is 0 Å². The molecule has 2 heterocycles. The molecule has 2 rings (SSSR count). The predicted molar refractivity (Wildman–Crippen MR) is 78.2 cm³/mol. The van der Waals surface area contributed by atoms with E-state index in [1.807, 2.05) is 0 Å². The molecule has 0 aromatic carbocycles. The Hall–Kier alpha value is -1.82. The topological polar surface area (TPSA) is 80.5 Å². The van der Waals surface area contributed by atoms with Crippen molar-refractivity contribution in [3.63, 3.8) is 0 Å². The number of piperidine rings is 1. The van der Waals surface area contributed by atoms with E-state index in [-0.39, 0.29) is 0 Å². The monoisotopic (exact) mass is 278 g/mol. The third-order valence-electron chi connectivity index (χ3n) is 3.82. The van der Waals surface area contributed by atoms with Gasteiger partial charge in [-0.1, -0.05) is 6.42 Å². The summed E-state index contributed by atoms with van der Waals surface area (Å²) >= 11 is 0. The van der Waals surface area contributed by atoms with Crippen LogP contribution >= 0.6 is 0 Å². The maximum atomic E-state index is 11.6. The molecule has 2 atom stereocenters. The SMILES string of the molecule is COC(=O)c1ccnc(NN2C(C)CCCC2C)c1N. The smallest absolute Gasteiger partial charge is 0.340 e. The molecule has 20 heavy (non-hydrogen) atoms. The van der Waals surface area contributed by atoms with Crippen molar-refractivity contribution in [1.82, 2.24) is 9.99 Å². The number of methoxy groups -OCH3 is 1. The first-order valence-corrected chi connectivity index (χ1v) is 6.92. The van der Waals surface area contributed by atoms with Gasteiger partial charge in [0.15, 0.2) is 5.82 Å². The summed E-state index contributed by atoms with van der Waals surface area (Å²) < 4.78 is 4.72. The molecule has 1 aliphatic heterocycles. The van der Waals surface area contributed by atoms with Gasteiger partial charge in [-0.25, -0.2) is 14.8 Å². The molecule has 2 unspecified atom stereocenters. The van der Waals surface area contributed by atoms with Gasteiger partial charge < -0.3 is 15.9 Å². The van der Waals surface area contributed by atoms with Crippen LogP contribution in [0.4, 0.5) is 11.5 Å². The first kappa shape index (κ1) is 14.6. The molecule has 1 fully saturated rings. The summed E-state index contributed by atoms with van der Waals surface area (Å²) in [6, 6.07) is 2.37. The van der Waals surface area contributed by atoms with Crippen LogP contribution < -0.4 is 11.2 Å². The maximum Gasteiger partial charge on any atom is 0.340 e. The number of nitrogens with one attached hydrogen (secondary N) is 1. The van der Waals surface area contributed by atoms with Crippen LogP contribution in [0, 0.1) is 0 Å². The van der Waals surface area contributed by atoms with Gasteiger partial charge in [0.05, 0.1) is 18.4 Å². The number of aromatic nitrogens is 1. The number of nitrogen functional groups attached to an aromatic ring is 1. The van der Waals surface area contributed by atoms with E-state index in [9.17, 15) is 4.79 Å². The van der Waals surface area contributed by atoms with Crippen LogP contribution in [0.5, 0.6) is 0 Å². The van der Waals surface area contributed by atoms with Gasteiger partial charge in [0.2, 0.25) is 0 Å². The lowest BCUT2D eigenvalue weighted by atomic mass is 10.00. The Kier molecular flexibility index (Phi) is 4.44. The largest absolute Gasteiger partial charge is 0.465 e. The highest BCUT2D eigenvalue weighted by atomic mass is 16.5. The quantitative estimate of drug-likeness (QED) is 0.824. The fourth-order valence-electron chi connectivity index (χ4n) is 2.61. The molecule has 0 spiro atoms. The Balaban J connectivity index is 2.23. The second-order valence-corrected chi connectivity index (χ2v) is 5.26. The lowest BCUT2D eigenvalue weighted by Gasteiger charge is -2.39. The third-order valence-corrected chi connectivity index (χ3v) is 3.82. The first-order chi connectivity index (χ1) is 9.54. The minimum Gasteiger partial charge on any atom is -0.465 e. The number of anilines is 2. The van der Waals surface area contributed by atoms with Gasteiger partial charge in [0.1, 0.15) is 0 Å². The average molecular weight is 278 g/mol. The first-order valence-electron chi connectivity index (χ1n) is 6.92. The number of nitrogens with zero attached hydrogens (tertiary/aromatic N) is 2. The van der Waals surface area contributed by atoms with Crippen molar-refractivity contribution in [3.05, 3.63) is 17.8 Å². The lowest BCUT2D eigenvalue weighted by Crippen LogP contribution is -2.47. The Morgan fingerprint density at radius 1 is 1.45 bits per heavy atom. The van der Waals surface area contributed by atoms with E-state index in [1.165, 1.54) is 13.5 Å². The number of nitrogens with two attached hydrogens (primary N) is 1. The zero-order valence-electron chi connectivity index (χ0n) is 12.2. The van der Waals surface area contributed by atoms with Gasteiger partial charge >= 0.3 is 5.97 Å². The summed E-state index contributed by atoms with van der Waals surface area (Å²) in [5.41, 5.74) is 9.93. The fraction of sp³-hybridized carbons (Fsp3) is 0.571. The van der Waals surface area contributed by atoms with Crippen LogP contribution in [0.1, 0.15) is 43.5 Å². The highest BCUT2D eigenvalue weighted by Gasteiger charge is 2.26. The van der Waals surface area contributed by atoms with Crippen LogP contribution in [-0.2, 0) is 4.74 Å². The van der Waals surface area contributed by atoms with Crippen LogP contribution in [0.3, 0.4) is 0 Å². The van der Waals surface area contributed by atoms with E-state index < -0.39 is 5.97 Å². The Morgan fingerprint density at radius 2 is 2.10 bits per heavy atom. The Labute approximate surface area is 119 Å². The van der Waals surface area contributed by atoms with Gasteiger partial charge in [-0.3, -0.25) is 0 Å². The van der Waals surface area contributed by atoms with Gasteiger partial charge in [-0.15, -0.1) is 0 Å². The summed E-state index contributed by atoms with van der Waals surface area (Å²) in [5, 5.41) is 2.16. The van der Waals surface area contributed by atoms with Gasteiger partial charge in [0, 0.05) is 18.3 Å². The lowest BCUT2D eigenvalue weighted by molar-refractivity contribution is 0.0602. The zero-order chi connectivity index (χ0) is 14.7. The highest BCUT2D eigenvalue weighted by molar-refractivity contribution is 5.97. The number of carbonyl (C=O) groups excluding carboxylic acids is 1. The van der Waals surface area contributed by atoms with Gasteiger partial charge in [-0.05, 0) is 32.8 Å². The second-order valence-electron chi connectivity index (χ2n) is 5.26. The number of hydrazine groups is 1. The molecule has 0 radical (unpaired) electrons. The van der Waals surface area contributed by atoms with E-state index in [1.54, 1.807) is 12.3 Å². The zero-order valence-corrected chi connectivity index (χ0v) is 12.2. The van der Waals surface area contributed by atoms with Crippen molar-refractivity contribution >= 4 is 17.5 Å². The Bertz CT molecular complexity index is 482. The van der Waals surface area contributed by atoms with Crippen molar-refractivity contribution in [1.29, 1.82) is 0 Å². The summed E-state index contributed by atoms with van der Waals surface area (Å²) in [4.78, 5) is 15.9. The summed E-state index contributed by atoms with van der Waals surface area (Å²) in [7, 11) is 1.34. The van der Waals surface area contributed by atoms with E-state index in [0.29, 0.717) is 29.2 Å². The molecular weight excluding hydrogens is 256 g/mol. The molecule has 110 valence electrons. The fourth-order valence-corrected chi connectivity index (χ4v) is 2.61. The molecule has 1 aromatic rings. The molecule has 1 aromatic heterocycles. The van der Waals surface area contributed by atoms with Crippen molar-refractivity contribution in [2.45, 2.75) is 45.2 Å². The number of esters is 1. The number of ether oxygens (including phenoxy) is 1. The molecule has 1 saturated heterocycles. The summed E-state index contributed by atoms with van der Waals surface area (Å²) in [6.45, 7) is 4.34. The molecule has 0 saturated carbocycles. The third kappa shape index (κ3) is 2.85. The van der Waals surface area contributed by atoms with Crippen LogP contribution in [-0.4, -0.2) is 35.2 Å². The van der Waals surface area contributed by atoms with E-state index in [2.05, 4.69) is 29.3 Å². The number of carbonyl (C=O) groups is 1.